The van der Waals surface area contributed by atoms with Gasteiger partial charge in [-0.1, -0.05) is 13.0 Å². The maximum Gasteiger partial charge on any atom is 0.129 e. The van der Waals surface area contributed by atoms with Gasteiger partial charge in [0, 0.05) is 18.5 Å². The summed E-state index contributed by atoms with van der Waals surface area (Å²) in [5.74, 6) is -0.346. The maximum atomic E-state index is 13.4. The van der Waals surface area contributed by atoms with Crippen LogP contribution in [0.25, 0.3) is 0 Å². The van der Waals surface area contributed by atoms with Gasteiger partial charge < -0.3 is 5.32 Å². The topological polar surface area (TPSA) is 12.0 Å². The van der Waals surface area contributed by atoms with Crippen molar-refractivity contribution in [2.75, 3.05) is 13.1 Å². The normalized spacial score (nSPS) is 26.8. The van der Waals surface area contributed by atoms with Gasteiger partial charge >= 0.3 is 0 Å². The zero-order chi connectivity index (χ0) is 10.1. The third-order valence-electron chi connectivity index (χ3n) is 2.88. The Bertz CT molecular complexity index is 338. The third-order valence-corrected chi connectivity index (χ3v) is 2.88. The maximum absolute atomic E-state index is 13.4. The van der Waals surface area contributed by atoms with Crippen molar-refractivity contribution in [3.05, 3.63) is 35.4 Å². The summed E-state index contributed by atoms with van der Waals surface area (Å²) in [5.41, 5.74) is 0.629. The molecule has 0 saturated carbocycles. The van der Waals surface area contributed by atoms with Gasteiger partial charge in [0.2, 0.25) is 0 Å². The van der Waals surface area contributed by atoms with Crippen molar-refractivity contribution in [1.82, 2.24) is 5.32 Å². The predicted molar refractivity (Wildman–Crippen MR) is 51.1 cm³/mol. The van der Waals surface area contributed by atoms with Crippen molar-refractivity contribution >= 4 is 0 Å². The van der Waals surface area contributed by atoms with Crippen LogP contribution in [-0.2, 0) is 0 Å². The number of hydrogen-bond acceptors (Lipinski definition) is 1. The molecule has 2 atom stereocenters. The first-order valence-electron chi connectivity index (χ1n) is 4.84. The average molecular weight is 197 g/mol. The minimum Gasteiger partial charge on any atom is -0.316 e. The fourth-order valence-electron chi connectivity index (χ4n) is 2.03. The summed E-state index contributed by atoms with van der Waals surface area (Å²) in [5, 5.41) is 3.20. The highest BCUT2D eigenvalue weighted by atomic mass is 19.1. The van der Waals surface area contributed by atoms with Crippen LogP contribution in [0.3, 0.4) is 0 Å². The molecule has 76 valence electrons. The Morgan fingerprint density at radius 3 is 2.64 bits per heavy atom. The second kappa shape index (κ2) is 3.65. The molecule has 1 aromatic carbocycles. The molecule has 0 amide bonds. The van der Waals surface area contributed by atoms with E-state index in [4.69, 9.17) is 0 Å². The van der Waals surface area contributed by atoms with E-state index in [-0.39, 0.29) is 5.92 Å². The van der Waals surface area contributed by atoms with E-state index < -0.39 is 11.6 Å². The van der Waals surface area contributed by atoms with Crippen molar-refractivity contribution in [1.29, 1.82) is 0 Å². The largest absolute Gasteiger partial charge is 0.316 e. The van der Waals surface area contributed by atoms with E-state index in [1.807, 2.05) is 0 Å². The van der Waals surface area contributed by atoms with Crippen molar-refractivity contribution in [2.45, 2.75) is 12.8 Å². The lowest BCUT2D eigenvalue weighted by atomic mass is 9.90. The molecule has 3 heteroatoms. The van der Waals surface area contributed by atoms with E-state index in [0.717, 1.165) is 19.2 Å². The van der Waals surface area contributed by atoms with Crippen molar-refractivity contribution in [3.63, 3.8) is 0 Å². The quantitative estimate of drug-likeness (QED) is 0.728. The molecule has 0 aliphatic carbocycles. The molecule has 1 unspecified atom stereocenters. The fourth-order valence-corrected chi connectivity index (χ4v) is 2.03. The first kappa shape index (κ1) is 9.59. The summed E-state index contributed by atoms with van der Waals surface area (Å²) >= 11 is 0. The van der Waals surface area contributed by atoms with Gasteiger partial charge in [-0.15, -0.1) is 0 Å². The minimum absolute atomic E-state index is 0.176. The molecule has 1 aromatic rings. The van der Waals surface area contributed by atoms with Crippen LogP contribution in [0.2, 0.25) is 0 Å². The minimum atomic E-state index is -0.509. The molecule has 0 aromatic heterocycles. The van der Waals surface area contributed by atoms with Crippen LogP contribution in [0.4, 0.5) is 8.78 Å². The lowest BCUT2D eigenvalue weighted by molar-refractivity contribution is 0.518. The van der Waals surface area contributed by atoms with Crippen LogP contribution in [0.5, 0.6) is 0 Å². The van der Waals surface area contributed by atoms with E-state index in [0.29, 0.717) is 11.5 Å². The molecule has 0 spiro atoms. The second-order valence-electron chi connectivity index (χ2n) is 3.91. The molecule has 1 aliphatic rings. The molecule has 0 bridgehead atoms. The average Bonchev–Trinajstić information content (AvgIpc) is 2.52. The van der Waals surface area contributed by atoms with Crippen LogP contribution in [-0.4, -0.2) is 13.1 Å². The Kier molecular flexibility index (Phi) is 2.50. The highest BCUT2D eigenvalue weighted by molar-refractivity contribution is 5.24. The van der Waals surface area contributed by atoms with E-state index in [9.17, 15) is 8.78 Å². The van der Waals surface area contributed by atoms with Crippen LogP contribution in [0.15, 0.2) is 18.2 Å². The second-order valence-corrected chi connectivity index (χ2v) is 3.91. The van der Waals surface area contributed by atoms with Crippen LogP contribution in [0, 0.1) is 17.6 Å². The summed E-state index contributed by atoms with van der Waals surface area (Å²) in [6, 6.07) is 3.84. The lowest BCUT2D eigenvalue weighted by Gasteiger charge is -2.15. The first-order chi connectivity index (χ1) is 6.68. The Labute approximate surface area is 82.1 Å². The monoisotopic (exact) mass is 197 g/mol. The molecule has 1 fully saturated rings. The van der Waals surface area contributed by atoms with Crippen LogP contribution >= 0.6 is 0 Å². The van der Waals surface area contributed by atoms with Crippen LogP contribution in [0.1, 0.15) is 18.4 Å². The number of rotatable bonds is 1. The van der Waals surface area contributed by atoms with E-state index in [1.165, 1.54) is 6.07 Å². The van der Waals surface area contributed by atoms with Gasteiger partial charge in [-0.05, 0) is 24.1 Å². The van der Waals surface area contributed by atoms with Gasteiger partial charge in [-0.3, -0.25) is 0 Å². The molecule has 1 heterocycles. The lowest BCUT2D eigenvalue weighted by Crippen LogP contribution is -2.09. The summed E-state index contributed by atoms with van der Waals surface area (Å²) in [4.78, 5) is 0. The SMILES string of the molecule is C[C@@H]1CNCC1c1ccc(F)cc1F. The molecule has 2 rings (SSSR count). The number of hydrogen-bond donors (Lipinski definition) is 1. The fraction of sp³-hybridized carbons (Fsp3) is 0.455. The predicted octanol–water partition coefficient (Wildman–Crippen LogP) is 2.29. The molecule has 1 N–H and O–H groups in total. The summed E-state index contributed by atoms with van der Waals surface area (Å²) in [7, 11) is 0. The molecular weight excluding hydrogens is 184 g/mol. The van der Waals surface area contributed by atoms with Gasteiger partial charge in [0.05, 0.1) is 0 Å². The summed E-state index contributed by atoms with van der Waals surface area (Å²) in [6.07, 6.45) is 0. The van der Waals surface area contributed by atoms with Gasteiger partial charge in [-0.2, -0.15) is 0 Å². The van der Waals surface area contributed by atoms with Gasteiger partial charge in [0.1, 0.15) is 11.6 Å². The van der Waals surface area contributed by atoms with Gasteiger partial charge in [-0.25, -0.2) is 8.78 Å². The van der Waals surface area contributed by atoms with E-state index >= 15 is 0 Å². The molecule has 1 nitrogen and oxygen atoms in total. The Hall–Kier alpha value is -0.960. The van der Waals surface area contributed by atoms with Crippen LogP contribution < -0.4 is 5.32 Å². The number of nitrogens with one attached hydrogen (secondary N) is 1. The van der Waals surface area contributed by atoms with Crippen molar-refractivity contribution < 1.29 is 8.78 Å². The Morgan fingerprint density at radius 2 is 2.07 bits per heavy atom. The highest BCUT2D eigenvalue weighted by Crippen LogP contribution is 2.29. The van der Waals surface area contributed by atoms with Gasteiger partial charge in [0.15, 0.2) is 0 Å². The third kappa shape index (κ3) is 1.64. The zero-order valence-electron chi connectivity index (χ0n) is 8.06. The molecule has 1 saturated heterocycles. The summed E-state index contributed by atoms with van der Waals surface area (Å²) in [6.45, 7) is 3.76. The Balaban J connectivity index is 2.31. The molecule has 14 heavy (non-hydrogen) atoms. The van der Waals surface area contributed by atoms with E-state index in [1.54, 1.807) is 6.07 Å². The number of benzene rings is 1. The Morgan fingerprint density at radius 1 is 1.29 bits per heavy atom. The molecular formula is C11H13F2N. The zero-order valence-corrected chi connectivity index (χ0v) is 8.06. The molecule has 0 radical (unpaired) electrons. The number of halogens is 2. The van der Waals surface area contributed by atoms with Crippen molar-refractivity contribution in [3.8, 4) is 0 Å². The van der Waals surface area contributed by atoms with Crippen molar-refractivity contribution in [2.24, 2.45) is 5.92 Å². The smallest absolute Gasteiger partial charge is 0.129 e. The molecule has 1 aliphatic heterocycles. The highest BCUT2D eigenvalue weighted by Gasteiger charge is 2.26. The first-order valence-corrected chi connectivity index (χ1v) is 4.84. The standard InChI is InChI=1S/C11H13F2N/c1-7-5-14-6-10(7)9-3-2-8(12)4-11(9)13/h2-4,7,10,14H,5-6H2,1H3/t7-,10?/m1/s1. The van der Waals surface area contributed by atoms with Gasteiger partial charge in [0.25, 0.3) is 0 Å². The summed E-state index contributed by atoms with van der Waals surface area (Å²) < 4.78 is 26.1. The van der Waals surface area contributed by atoms with E-state index in [2.05, 4.69) is 12.2 Å².